The van der Waals surface area contributed by atoms with E-state index in [1.165, 1.54) is 24.4 Å². The molecule has 2 aliphatic rings. The number of fused-ring (bicyclic) bond motifs is 1. The zero-order chi connectivity index (χ0) is 33.8. The number of nitrogens with zero attached hydrogens (tertiary/aromatic N) is 3. The van der Waals surface area contributed by atoms with Crippen LogP contribution in [0.5, 0.6) is 23.1 Å². The van der Waals surface area contributed by atoms with Crippen molar-refractivity contribution >= 4 is 40.5 Å². The van der Waals surface area contributed by atoms with Gasteiger partial charge in [0.2, 0.25) is 18.6 Å². The second kappa shape index (κ2) is 14.5. The first-order valence-electron chi connectivity index (χ1n) is 15.2. The summed E-state index contributed by atoms with van der Waals surface area (Å²) in [7, 11) is 0. The van der Waals surface area contributed by atoms with E-state index in [2.05, 4.69) is 20.5 Å². The molecule has 1 saturated heterocycles. The van der Waals surface area contributed by atoms with Crippen LogP contribution in [0.15, 0.2) is 72.9 Å². The molecule has 14 heteroatoms. The third-order valence-corrected chi connectivity index (χ3v) is 8.83. The Bertz CT molecular complexity index is 1770. The molecule has 48 heavy (non-hydrogen) atoms. The summed E-state index contributed by atoms with van der Waals surface area (Å²) in [6.07, 6.45) is -3.16. The van der Waals surface area contributed by atoms with Gasteiger partial charge >= 0.3 is 6.18 Å². The van der Waals surface area contributed by atoms with E-state index in [4.69, 9.17) is 37.4 Å². The second-order valence-electron chi connectivity index (χ2n) is 11.4. The van der Waals surface area contributed by atoms with Crippen LogP contribution in [0.2, 0.25) is 10.0 Å². The van der Waals surface area contributed by atoms with Crippen molar-refractivity contribution in [2.24, 2.45) is 0 Å². The van der Waals surface area contributed by atoms with Crippen molar-refractivity contribution in [3.63, 3.8) is 0 Å². The molecule has 1 amide bonds. The number of hydrogen-bond acceptors (Lipinski definition) is 8. The summed E-state index contributed by atoms with van der Waals surface area (Å²) in [5.41, 5.74) is 1.54. The standard InChI is InChI=1S/C34H32Cl2F3N5O4/c1-21(40-18-33(45)44-12-10-43(11-13-44)19-22-2-8-30-31(14-22)47-20-46-30)26-6-5-25(16-27(26)34(37,38)39)48-32-9-4-24(17-41-32)42-23-3-7-28(35)29(36)15-23/h2-9,14-17,21,40,42H,10-13,18-20H2,1H3. The van der Waals surface area contributed by atoms with Crippen molar-refractivity contribution in [1.82, 2.24) is 20.1 Å². The van der Waals surface area contributed by atoms with Gasteiger partial charge in [-0.3, -0.25) is 9.69 Å². The Kier molecular flexibility index (Phi) is 10.2. The summed E-state index contributed by atoms with van der Waals surface area (Å²) in [5, 5.41) is 6.91. The van der Waals surface area contributed by atoms with Crippen molar-refractivity contribution in [2.45, 2.75) is 25.7 Å². The normalized spacial score (nSPS) is 15.3. The molecule has 6 rings (SSSR count). The smallest absolute Gasteiger partial charge is 0.416 e. The van der Waals surface area contributed by atoms with Gasteiger partial charge in [-0.2, -0.15) is 13.2 Å². The number of piperazine rings is 1. The van der Waals surface area contributed by atoms with Crippen LogP contribution >= 0.6 is 23.2 Å². The SMILES string of the molecule is CC(NCC(=O)N1CCN(Cc2ccc3c(c2)OCO3)CC1)c1ccc(Oc2ccc(Nc3ccc(Cl)c(Cl)c3)cn2)cc1C(F)(F)F. The van der Waals surface area contributed by atoms with Crippen LogP contribution < -0.4 is 24.8 Å². The van der Waals surface area contributed by atoms with Gasteiger partial charge in [0.1, 0.15) is 5.75 Å². The summed E-state index contributed by atoms with van der Waals surface area (Å²) in [5.74, 6) is 1.39. The quantitative estimate of drug-likeness (QED) is 0.174. The van der Waals surface area contributed by atoms with E-state index >= 15 is 0 Å². The van der Waals surface area contributed by atoms with Gasteiger partial charge < -0.3 is 29.7 Å². The Morgan fingerprint density at radius 2 is 1.71 bits per heavy atom. The molecule has 2 N–H and O–H groups in total. The molecule has 1 fully saturated rings. The van der Waals surface area contributed by atoms with Crippen molar-refractivity contribution in [2.75, 3.05) is 44.8 Å². The highest BCUT2D eigenvalue weighted by Gasteiger charge is 2.35. The van der Waals surface area contributed by atoms with Crippen LogP contribution in [0, 0.1) is 0 Å². The Labute approximate surface area is 285 Å². The number of ether oxygens (including phenoxy) is 3. The maximum absolute atomic E-state index is 14.2. The number of anilines is 2. The predicted octanol–water partition coefficient (Wildman–Crippen LogP) is 7.67. The molecule has 4 aromatic rings. The van der Waals surface area contributed by atoms with E-state index in [0.29, 0.717) is 54.1 Å². The fourth-order valence-corrected chi connectivity index (χ4v) is 5.81. The van der Waals surface area contributed by atoms with Gasteiger partial charge in [-0.05, 0) is 66.6 Å². The van der Waals surface area contributed by atoms with Crippen LogP contribution in [0.1, 0.15) is 29.7 Å². The number of carbonyl (C=O) groups excluding carboxylic acids is 1. The molecule has 3 aromatic carbocycles. The maximum atomic E-state index is 14.2. The molecular weight excluding hydrogens is 670 g/mol. The van der Waals surface area contributed by atoms with Gasteiger partial charge in [0.05, 0.1) is 34.0 Å². The molecule has 0 bridgehead atoms. The number of rotatable bonds is 10. The average Bonchev–Trinajstić information content (AvgIpc) is 3.54. The van der Waals surface area contributed by atoms with Crippen molar-refractivity contribution in [3.05, 3.63) is 99.7 Å². The molecule has 0 radical (unpaired) electrons. The van der Waals surface area contributed by atoms with Gasteiger partial charge in [-0.15, -0.1) is 0 Å². The number of hydrogen-bond donors (Lipinski definition) is 2. The topological polar surface area (TPSA) is 88.2 Å². The lowest BCUT2D eigenvalue weighted by Gasteiger charge is -2.35. The second-order valence-corrected chi connectivity index (χ2v) is 12.2. The molecule has 1 atom stereocenters. The lowest BCUT2D eigenvalue weighted by Crippen LogP contribution is -2.50. The molecule has 1 unspecified atom stereocenters. The number of halogens is 5. The highest BCUT2D eigenvalue weighted by Crippen LogP contribution is 2.38. The lowest BCUT2D eigenvalue weighted by molar-refractivity contribution is -0.138. The third-order valence-electron chi connectivity index (χ3n) is 8.09. The number of pyridine rings is 1. The van der Waals surface area contributed by atoms with Crippen molar-refractivity contribution < 1.29 is 32.2 Å². The Balaban J connectivity index is 1.02. The number of carbonyl (C=O) groups is 1. The Hall–Kier alpha value is -4.23. The van der Waals surface area contributed by atoms with E-state index in [0.717, 1.165) is 23.1 Å². The molecule has 2 aliphatic heterocycles. The molecule has 0 saturated carbocycles. The first kappa shape index (κ1) is 33.7. The minimum absolute atomic E-state index is 0.00493. The molecule has 3 heterocycles. The maximum Gasteiger partial charge on any atom is 0.416 e. The largest absolute Gasteiger partial charge is 0.454 e. The molecular formula is C34H32Cl2F3N5O4. The van der Waals surface area contributed by atoms with Crippen LogP contribution in [0.4, 0.5) is 24.5 Å². The van der Waals surface area contributed by atoms with Crippen molar-refractivity contribution in [3.8, 4) is 23.1 Å². The Morgan fingerprint density at radius 1 is 0.938 bits per heavy atom. The van der Waals surface area contributed by atoms with Crippen LogP contribution in [0.3, 0.4) is 0 Å². The van der Waals surface area contributed by atoms with Gasteiger partial charge in [-0.25, -0.2) is 4.98 Å². The minimum atomic E-state index is -4.65. The first-order chi connectivity index (χ1) is 23.0. The number of benzene rings is 3. The first-order valence-corrected chi connectivity index (χ1v) is 16.0. The highest BCUT2D eigenvalue weighted by atomic mass is 35.5. The number of nitrogens with one attached hydrogen (secondary N) is 2. The van der Waals surface area contributed by atoms with Gasteiger partial charge in [-0.1, -0.05) is 35.3 Å². The fraction of sp³-hybridized carbons (Fsp3) is 0.294. The molecule has 252 valence electrons. The highest BCUT2D eigenvalue weighted by molar-refractivity contribution is 6.42. The summed E-state index contributed by atoms with van der Waals surface area (Å²) < 4.78 is 59.0. The van der Waals surface area contributed by atoms with E-state index < -0.39 is 17.8 Å². The molecule has 1 aromatic heterocycles. The lowest BCUT2D eigenvalue weighted by atomic mass is 10.0. The minimum Gasteiger partial charge on any atom is -0.454 e. The number of alkyl halides is 3. The van der Waals surface area contributed by atoms with Crippen LogP contribution in [-0.4, -0.2) is 60.2 Å². The van der Waals surface area contributed by atoms with Crippen LogP contribution in [0.25, 0.3) is 0 Å². The summed E-state index contributed by atoms with van der Waals surface area (Å²) in [4.78, 5) is 21.1. The Morgan fingerprint density at radius 3 is 2.44 bits per heavy atom. The number of aromatic nitrogens is 1. The average molecular weight is 703 g/mol. The van der Waals surface area contributed by atoms with Gasteiger partial charge in [0, 0.05) is 50.5 Å². The van der Waals surface area contributed by atoms with E-state index in [1.54, 1.807) is 36.1 Å². The fourth-order valence-electron chi connectivity index (χ4n) is 5.51. The zero-order valence-corrected chi connectivity index (χ0v) is 27.3. The number of amides is 1. The predicted molar refractivity (Wildman–Crippen MR) is 176 cm³/mol. The van der Waals surface area contributed by atoms with Crippen molar-refractivity contribution in [1.29, 1.82) is 0 Å². The molecule has 0 aliphatic carbocycles. The molecule has 0 spiro atoms. The van der Waals surface area contributed by atoms with Crippen LogP contribution in [-0.2, 0) is 17.5 Å². The van der Waals surface area contributed by atoms with Gasteiger partial charge in [0.25, 0.3) is 0 Å². The van der Waals surface area contributed by atoms with E-state index in [1.807, 2.05) is 18.2 Å². The summed E-state index contributed by atoms with van der Waals surface area (Å²) in [6, 6.07) is 17.1. The summed E-state index contributed by atoms with van der Waals surface area (Å²) in [6.45, 7) is 4.86. The zero-order valence-electron chi connectivity index (χ0n) is 25.8. The van der Waals surface area contributed by atoms with Gasteiger partial charge in [0.15, 0.2) is 11.5 Å². The molecule has 9 nitrogen and oxygen atoms in total. The van der Waals surface area contributed by atoms with E-state index in [-0.39, 0.29) is 36.4 Å². The third kappa shape index (κ3) is 8.24. The summed E-state index contributed by atoms with van der Waals surface area (Å²) >= 11 is 12.0. The monoisotopic (exact) mass is 701 g/mol. The van der Waals surface area contributed by atoms with E-state index in [9.17, 15) is 18.0 Å².